The van der Waals surface area contributed by atoms with Gasteiger partial charge in [0.25, 0.3) is 0 Å². The van der Waals surface area contributed by atoms with Crippen molar-refractivity contribution in [3.8, 4) is 0 Å². The second-order valence-corrected chi connectivity index (χ2v) is 7.02. The highest BCUT2D eigenvalue weighted by molar-refractivity contribution is 5.26. The molecule has 1 heteroatoms. The summed E-state index contributed by atoms with van der Waals surface area (Å²) in [6.07, 6.45) is 11.5. The van der Waals surface area contributed by atoms with Gasteiger partial charge in [0.05, 0.1) is 0 Å². The SMILES string of the molecule is Cc1ccc(C2CC(NCCCC3CCCC3)C2)cc1. The summed E-state index contributed by atoms with van der Waals surface area (Å²) < 4.78 is 0. The number of rotatable bonds is 6. The fraction of sp³-hybridized carbons (Fsp3) is 0.684. The maximum atomic E-state index is 3.75. The Labute approximate surface area is 124 Å². The molecule has 0 amide bonds. The predicted octanol–water partition coefficient (Wildman–Crippen LogP) is 4.80. The Morgan fingerprint density at radius 2 is 1.75 bits per heavy atom. The number of aryl methyl sites for hydroxylation is 1. The lowest BCUT2D eigenvalue weighted by atomic mass is 9.75. The summed E-state index contributed by atoms with van der Waals surface area (Å²) in [7, 11) is 0. The van der Waals surface area contributed by atoms with Crippen LogP contribution in [0.2, 0.25) is 0 Å². The van der Waals surface area contributed by atoms with E-state index in [0.29, 0.717) is 0 Å². The topological polar surface area (TPSA) is 12.0 Å². The summed E-state index contributed by atoms with van der Waals surface area (Å²) in [5.41, 5.74) is 2.91. The molecule has 0 atom stereocenters. The zero-order valence-corrected chi connectivity index (χ0v) is 12.9. The molecule has 0 aromatic heterocycles. The highest BCUT2D eigenvalue weighted by Gasteiger charge is 2.29. The minimum Gasteiger partial charge on any atom is -0.314 e. The molecule has 0 bridgehead atoms. The zero-order valence-electron chi connectivity index (χ0n) is 12.9. The van der Waals surface area contributed by atoms with Crippen molar-refractivity contribution in [3.05, 3.63) is 35.4 Å². The second kappa shape index (κ2) is 6.76. The number of hydrogen-bond acceptors (Lipinski definition) is 1. The van der Waals surface area contributed by atoms with E-state index < -0.39 is 0 Å². The van der Waals surface area contributed by atoms with Crippen LogP contribution in [-0.4, -0.2) is 12.6 Å². The molecule has 0 aliphatic heterocycles. The summed E-state index contributed by atoms with van der Waals surface area (Å²) in [5, 5.41) is 3.75. The van der Waals surface area contributed by atoms with E-state index in [0.717, 1.165) is 17.9 Å². The summed E-state index contributed by atoms with van der Waals surface area (Å²) >= 11 is 0. The van der Waals surface area contributed by atoms with Crippen molar-refractivity contribution in [2.45, 2.75) is 70.3 Å². The Bertz CT molecular complexity index is 396. The molecule has 110 valence electrons. The Kier molecular flexibility index (Phi) is 4.77. The van der Waals surface area contributed by atoms with Crippen LogP contribution in [0.15, 0.2) is 24.3 Å². The molecule has 0 saturated heterocycles. The van der Waals surface area contributed by atoms with E-state index in [1.165, 1.54) is 63.5 Å². The van der Waals surface area contributed by atoms with Gasteiger partial charge in [-0.15, -0.1) is 0 Å². The molecule has 0 unspecified atom stereocenters. The average Bonchev–Trinajstić information content (AvgIpc) is 2.91. The van der Waals surface area contributed by atoms with E-state index in [2.05, 4.69) is 36.5 Å². The van der Waals surface area contributed by atoms with Gasteiger partial charge in [-0.3, -0.25) is 0 Å². The van der Waals surface area contributed by atoms with Crippen LogP contribution in [0, 0.1) is 12.8 Å². The molecule has 2 fully saturated rings. The van der Waals surface area contributed by atoms with E-state index in [-0.39, 0.29) is 0 Å². The van der Waals surface area contributed by atoms with Crippen molar-refractivity contribution in [2.75, 3.05) is 6.54 Å². The van der Waals surface area contributed by atoms with Gasteiger partial charge in [0, 0.05) is 6.04 Å². The molecule has 2 saturated carbocycles. The number of benzene rings is 1. The summed E-state index contributed by atoms with van der Waals surface area (Å²) in [6.45, 7) is 3.40. The Hall–Kier alpha value is -0.820. The van der Waals surface area contributed by atoms with Crippen LogP contribution in [0.3, 0.4) is 0 Å². The van der Waals surface area contributed by atoms with Crippen molar-refractivity contribution >= 4 is 0 Å². The third kappa shape index (κ3) is 3.63. The molecule has 1 aromatic carbocycles. The highest BCUT2D eigenvalue weighted by Crippen LogP contribution is 2.37. The van der Waals surface area contributed by atoms with Crippen molar-refractivity contribution in [1.29, 1.82) is 0 Å². The number of hydrogen-bond donors (Lipinski definition) is 1. The summed E-state index contributed by atoms with van der Waals surface area (Å²) in [5.74, 6) is 1.86. The molecule has 1 N–H and O–H groups in total. The lowest BCUT2D eigenvalue weighted by Crippen LogP contribution is -2.40. The van der Waals surface area contributed by atoms with Crippen LogP contribution < -0.4 is 5.32 Å². The van der Waals surface area contributed by atoms with Crippen LogP contribution in [0.4, 0.5) is 0 Å². The van der Waals surface area contributed by atoms with Gasteiger partial charge in [-0.1, -0.05) is 55.5 Å². The largest absolute Gasteiger partial charge is 0.314 e. The van der Waals surface area contributed by atoms with Crippen molar-refractivity contribution in [2.24, 2.45) is 5.92 Å². The molecule has 3 rings (SSSR count). The zero-order chi connectivity index (χ0) is 13.8. The van der Waals surface area contributed by atoms with Gasteiger partial charge < -0.3 is 5.32 Å². The summed E-state index contributed by atoms with van der Waals surface area (Å²) in [4.78, 5) is 0. The molecular weight excluding hydrogens is 242 g/mol. The van der Waals surface area contributed by atoms with Gasteiger partial charge in [0.1, 0.15) is 0 Å². The first kappa shape index (κ1) is 14.1. The molecule has 1 nitrogen and oxygen atoms in total. The van der Waals surface area contributed by atoms with Crippen LogP contribution >= 0.6 is 0 Å². The van der Waals surface area contributed by atoms with E-state index in [4.69, 9.17) is 0 Å². The van der Waals surface area contributed by atoms with Crippen LogP contribution in [0.5, 0.6) is 0 Å². The molecule has 0 radical (unpaired) electrons. The van der Waals surface area contributed by atoms with Crippen molar-refractivity contribution in [1.82, 2.24) is 5.32 Å². The van der Waals surface area contributed by atoms with Crippen LogP contribution in [-0.2, 0) is 0 Å². The second-order valence-electron chi connectivity index (χ2n) is 7.02. The molecule has 0 heterocycles. The molecular formula is C19H29N. The molecule has 2 aliphatic rings. The minimum absolute atomic E-state index is 0.782. The molecule has 20 heavy (non-hydrogen) atoms. The maximum absolute atomic E-state index is 3.75. The van der Waals surface area contributed by atoms with E-state index >= 15 is 0 Å². The molecule has 0 spiro atoms. The maximum Gasteiger partial charge on any atom is 0.00787 e. The Morgan fingerprint density at radius 1 is 1.05 bits per heavy atom. The third-order valence-corrected chi connectivity index (χ3v) is 5.38. The normalized spacial score (nSPS) is 26.6. The van der Waals surface area contributed by atoms with Crippen LogP contribution in [0.25, 0.3) is 0 Å². The standard InChI is InChI=1S/C19H29N/c1-15-8-10-17(11-9-15)18-13-19(14-18)20-12-4-7-16-5-2-3-6-16/h8-11,16,18-20H,2-7,12-14H2,1H3. The van der Waals surface area contributed by atoms with Gasteiger partial charge in [0.2, 0.25) is 0 Å². The van der Waals surface area contributed by atoms with Gasteiger partial charge in [-0.05, 0) is 56.6 Å². The van der Waals surface area contributed by atoms with Crippen molar-refractivity contribution in [3.63, 3.8) is 0 Å². The first-order valence-electron chi connectivity index (χ1n) is 8.61. The van der Waals surface area contributed by atoms with E-state index in [1.54, 1.807) is 5.56 Å². The molecule has 1 aromatic rings. The minimum atomic E-state index is 0.782. The monoisotopic (exact) mass is 271 g/mol. The first-order chi connectivity index (χ1) is 9.81. The third-order valence-electron chi connectivity index (χ3n) is 5.38. The van der Waals surface area contributed by atoms with Gasteiger partial charge in [-0.2, -0.15) is 0 Å². The van der Waals surface area contributed by atoms with Crippen LogP contribution in [0.1, 0.15) is 68.4 Å². The van der Waals surface area contributed by atoms with Gasteiger partial charge in [0.15, 0.2) is 0 Å². The Morgan fingerprint density at radius 3 is 2.45 bits per heavy atom. The number of nitrogens with one attached hydrogen (secondary N) is 1. The van der Waals surface area contributed by atoms with Crippen molar-refractivity contribution < 1.29 is 0 Å². The Balaban J connectivity index is 1.29. The fourth-order valence-electron chi connectivity index (χ4n) is 3.89. The average molecular weight is 271 g/mol. The predicted molar refractivity (Wildman–Crippen MR) is 86.1 cm³/mol. The summed E-state index contributed by atoms with van der Waals surface area (Å²) in [6, 6.07) is 9.91. The quantitative estimate of drug-likeness (QED) is 0.733. The smallest absolute Gasteiger partial charge is 0.00787 e. The first-order valence-corrected chi connectivity index (χ1v) is 8.61. The van der Waals surface area contributed by atoms with E-state index in [9.17, 15) is 0 Å². The fourth-order valence-corrected chi connectivity index (χ4v) is 3.89. The van der Waals surface area contributed by atoms with Gasteiger partial charge >= 0.3 is 0 Å². The van der Waals surface area contributed by atoms with Gasteiger partial charge in [-0.25, -0.2) is 0 Å². The lowest BCUT2D eigenvalue weighted by Gasteiger charge is -2.36. The highest BCUT2D eigenvalue weighted by atomic mass is 14.9. The lowest BCUT2D eigenvalue weighted by molar-refractivity contribution is 0.287. The molecule has 2 aliphatic carbocycles. The van der Waals surface area contributed by atoms with E-state index in [1.807, 2.05) is 0 Å².